The Morgan fingerprint density at radius 3 is 2.72 bits per heavy atom. The fraction of sp³-hybridized carbons (Fsp3) is 0.214. The molecule has 0 amide bonds. The number of nitrogens with zero attached hydrogens (tertiary/aromatic N) is 1. The van der Waals surface area contributed by atoms with Crippen LogP contribution in [0, 0.1) is 5.82 Å². The van der Waals surface area contributed by atoms with Gasteiger partial charge >= 0.3 is 0 Å². The van der Waals surface area contributed by atoms with Crippen molar-refractivity contribution in [3.63, 3.8) is 0 Å². The Bertz CT molecular complexity index is 496. The number of halogens is 2. The van der Waals surface area contributed by atoms with E-state index < -0.39 is 0 Å². The third-order valence-corrected chi connectivity index (χ3v) is 3.17. The molecule has 1 aromatic heterocycles. The van der Waals surface area contributed by atoms with Gasteiger partial charge < -0.3 is 5.32 Å². The van der Waals surface area contributed by atoms with Gasteiger partial charge in [0.15, 0.2) is 0 Å². The topological polar surface area (TPSA) is 24.9 Å². The van der Waals surface area contributed by atoms with Gasteiger partial charge in [0, 0.05) is 34.9 Å². The van der Waals surface area contributed by atoms with Gasteiger partial charge in [-0.05, 0) is 31.3 Å². The van der Waals surface area contributed by atoms with E-state index in [2.05, 4.69) is 10.3 Å². The number of benzene rings is 1. The number of rotatable bonds is 4. The maximum Gasteiger partial charge on any atom is 0.129 e. The predicted octanol–water partition coefficient (Wildman–Crippen LogP) is 3.38. The van der Waals surface area contributed by atoms with Crippen molar-refractivity contribution in [1.82, 2.24) is 10.3 Å². The van der Waals surface area contributed by atoms with Gasteiger partial charge in [-0.2, -0.15) is 0 Å². The van der Waals surface area contributed by atoms with Crippen LogP contribution in [0.25, 0.3) is 0 Å². The van der Waals surface area contributed by atoms with Crippen LogP contribution in [0.1, 0.15) is 17.3 Å². The molecule has 0 aliphatic rings. The van der Waals surface area contributed by atoms with Crippen LogP contribution in [0.2, 0.25) is 5.02 Å². The molecule has 0 spiro atoms. The fourth-order valence-corrected chi connectivity index (χ4v) is 2.21. The first kappa shape index (κ1) is 13.0. The summed E-state index contributed by atoms with van der Waals surface area (Å²) in [6, 6.07) is 10.2. The zero-order valence-electron chi connectivity index (χ0n) is 10.0. The Balaban J connectivity index is 2.29. The molecule has 2 nitrogen and oxygen atoms in total. The molecule has 0 aliphatic carbocycles. The Labute approximate surface area is 111 Å². The minimum absolute atomic E-state index is 0.186. The molecule has 0 saturated heterocycles. The van der Waals surface area contributed by atoms with Gasteiger partial charge in [0.05, 0.1) is 0 Å². The molecule has 1 unspecified atom stereocenters. The summed E-state index contributed by atoms with van der Waals surface area (Å²) in [5.41, 5.74) is 1.39. The molecule has 94 valence electrons. The molecular formula is C14H14ClFN2. The standard InChI is InChI=1S/C14H14ClFN2/c1-17-13(9-10-5-2-3-8-18-10)14-11(15)6-4-7-12(14)16/h2-8,13,17H,9H2,1H3. The maximum atomic E-state index is 13.8. The monoisotopic (exact) mass is 264 g/mol. The summed E-state index contributed by atoms with van der Waals surface area (Å²) in [5, 5.41) is 3.52. The van der Waals surface area contributed by atoms with E-state index >= 15 is 0 Å². The summed E-state index contributed by atoms with van der Waals surface area (Å²) in [4.78, 5) is 4.25. The summed E-state index contributed by atoms with van der Waals surface area (Å²) < 4.78 is 13.8. The van der Waals surface area contributed by atoms with Crippen LogP contribution in [0.4, 0.5) is 4.39 Å². The SMILES string of the molecule is CNC(Cc1ccccn1)c1c(F)cccc1Cl. The first-order valence-corrected chi connectivity index (χ1v) is 6.11. The highest BCUT2D eigenvalue weighted by Crippen LogP contribution is 2.27. The molecule has 0 saturated carbocycles. The van der Waals surface area contributed by atoms with Crippen LogP contribution < -0.4 is 5.32 Å². The Morgan fingerprint density at radius 1 is 1.28 bits per heavy atom. The van der Waals surface area contributed by atoms with E-state index in [9.17, 15) is 4.39 Å². The second-order valence-corrected chi connectivity index (χ2v) is 4.41. The maximum absolute atomic E-state index is 13.8. The summed E-state index contributed by atoms with van der Waals surface area (Å²) in [7, 11) is 1.79. The Hall–Kier alpha value is -1.45. The zero-order chi connectivity index (χ0) is 13.0. The highest BCUT2D eigenvalue weighted by Gasteiger charge is 2.18. The average molecular weight is 265 g/mol. The lowest BCUT2D eigenvalue weighted by molar-refractivity contribution is 0.530. The van der Waals surface area contributed by atoms with Gasteiger partial charge in [0.2, 0.25) is 0 Å². The Kier molecular flexibility index (Phi) is 4.28. The van der Waals surface area contributed by atoms with Crippen LogP contribution in [0.3, 0.4) is 0 Å². The molecule has 2 rings (SSSR count). The van der Waals surface area contributed by atoms with E-state index in [4.69, 9.17) is 11.6 Å². The lowest BCUT2D eigenvalue weighted by Gasteiger charge is -2.18. The van der Waals surface area contributed by atoms with Crippen molar-refractivity contribution in [3.05, 3.63) is 64.7 Å². The second kappa shape index (κ2) is 5.94. The van der Waals surface area contributed by atoms with Crippen LogP contribution in [0.15, 0.2) is 42.6 Å². The minimum Gasteiger partial charge on any atom is -0.313 e. The smallest absolute Gasteiger partial charge is 0.129 e. The van der Waals surface area contributed by atoms with Crippen LogP contribution in [-0.2, 0) is 6.42 Å². The molecule has 1 aromatic carbocycles. The van der Waals surface area contributed by atoms with Crippen LogP contribution >= 0.6 is 11.6 Å². The fourth-order valence-electron chi connectivity index (χ4n) is 1.92. The van der Waals surface area contributed by atoms with Gasteiger partial charge in [-0.1, -0.05) is 23.7 Å². The molecule has 1 heterocycles. The number of hydrogen-bond donors (Lipinski definition) is 1. The lowest BCUT2D eigenvalue weighted by atomic mass is 10.0. The number of pyridine rings is 1. The number of likely N-dealkylation sites (N-methyl/N-ethyl adjacent to an activating group) is 1. The quantitative estimate of drug-likeness (QED) is 0.916. The van der Waals surface area contributed by atoms with Gasteiger partial charge in [-0.15, -0.1) is 0 Å². The van der Waals surface area contributed by atoms with Gasteiger partial charge in [0.25, 0.3) is 0 Å². The molecule has 18 heavy (non-hydrogen) atoms. The third-order valence-electron chi connectivity index (χ3n) is 2.84. The van der Waals surface area contributed by atoms with Gasteiger partial charge in [-0.25, -0.2) is 4.39 Å². The highest BCUT2D eigenvalue weighted by molar-refractivity contribution is 6.31. The first-order chi connectivity index (χ1) is 8.72. The third kappa shape index (κ3) is 2.86. The van der Waals surface area contributed by atoms with E-state index in [1.54, 1.807) is 25.4 Å². The van der Waals surface area contributed by atoms with E-state index in [-0.39, 0.29) is 11.9 Å². The van der Waals surface area contributed by atoms with Crippen molar-refractivity contribution in [1.29, 1.82) is 0 Å². The average Bonchev–Trinajstić information content (AvgIpc) is 2.38. The van der Waals surface area contributed by atoms with Crippen molar-refractivity contribution in [3.8, 4) is 0 Å². The number of hydrogen-bond acceptors (Lipinski definition) is 2. The van der Waals surface area contributed by atoms with Crippen molar-refractivity contribution >= 4 is 11.6 Å². The van der Waals surface area contributed by atoms with E-state index in [0.29, 0.717) is 17.0 Å². The van der Waals surface area contributed by atoms with Crippen LogP contribution in [-0.4, -0.2) is 12.0 Å². The highest BCUT2D eigenvalue weighted by atomic mass is 35.5. The molecule has 2 aromatic rings. The summed E-state index contributed by atoms with van der Waals surface area (Å²) in [5.74, 6) is -0.294. The van der Waals surface area contributed by atoms with Crippen molar-refractivity contribution in [2.24, 2.45) is 0 Å². The van der Waals surface area contributed by atoms with E-state index in [0.717, 1.165) is 5.69 Å². The van der Waals surface area contributed by atoms with Crippen molar-refractivity contribution in [2.75, 3.05) is 7.05 Å². The molecule has 0 radical (unpaired) electrons. The molecule has 0 aliphatic heterocycles. The Morgan fingerprint density at radius 2 is 2.11 bits per heavy atom. The van der Waals surface area contributed by atoms with Crippen molar-refractivity contribution in [2.45, 2.75) is 12.5 Å². The minimum atomic E-state index is -0.294. The lowest BCUT2D eigenvalue weighted by Crippen LogP contribution is -2.21. The number of aromatic nitrogens is 1. The zero-order valence-corrected chi connectivity index (χ0v) is 10.8. The summed E-state index contributed by atoms with van der Waals surface area (Å²) in [6.45, 7) is 0. The first-order valence-electron chi connectivity index (χ1n) is 5.73. The number of nitrogens with one attached hydrogen (secondary N) is 1. The second-order valence-electron chi connectivity index (χ2n) is 4.00. The summed E-state index contributed by atoms with van der Waals surface area (Å²) in [6.07, 6.45) is 2.32. The largest absolute Gasteiger partial charge is 0.313 e. The molecule has 4 heteroatoms. The molecule has 1 N–H and O–H groups in total. The van der Waals surface area contributed by atoms with E-state index in [1.165, 1.54) is 6.07 Å². The molecule has 0 bridgehead atoms. The van der Waals surface area contributed by atoms with Gasteiger partial charge in [0.1, 0.15) is 5.82 Å². The predicted molar refractivity (Wildman–Crippen MR) is 71.2 cm³/mol. The summed E-state index contributed by atoms with van der Waals surface area (Å²) >= 11 is 6.07. The molecular weight excluding hydrogens is 251 g/mol. The molecule has 0 fully saturated rings. The van der Waals surface area contributed by atoms with Gasteiger partial charge in [-0.3, -0.25) is 4.98 Å². The van der Waals surface area contributed by atoms with Crippen LogP contribution in [0.5, 0.6) is 0 Å². The van der Waals surface area contributed by atoms with Crippen molar-refractivity contribution < 1.29 is 4.39 Å². The van der Waals surface area contributed by atoms with E-state index in [1.807, 2.05) is 18.2 Å². The normalized spacial score (nSPS) is 12.4. The molecule has 1 atom stereocenters.